The van der Waals surface area contributed by atoms with Crippen molar-refractivity contribution in [1.82, 2.24) is 0 Å². The summed E-state index contributed by atoms with van der Waals surface area (Å²) in [6, 6.07) is 0. The van der Waals surface area contributed by atoms with Gasteiger partial charge in [-0.05, 0) is 42.4 Å². The van der Waals surface area contributed by atoms with E-state index in [1.54, 1.807) is 6.92 Å². The van der Waals surface area contributed by atoms with Gasteiger partial charge >= 0.3 is 0 Å². The second kappa shape index (κ2) is 3.93. The summed E-state index contributed by atoms with van der Waals surface area (Å²) in [5.41, 5.74) is 2.18. The van der Waals surface area contributed by atoms with E-state index >= 15 is 0 Å². The lowest BCUT2D eigenvalue weighted by atomic mass is 9.69. The number of allylic oxidation sites excluding steroid dienone is 1. The van der Waals surface area contributed by atoms with Crippen LogP contribution in [0.25, 0.3) is 0 Å². The van der Waals surface area contributed by atoms with Crippen molar-refractivity contribution < 1.29 is 9.90 Å². The topological polar surface area (TPSA) is 37.3 Å². The average Bonchev–Trinajstić information content (AvgIpc) is 2.11. The summed E-state index contributed by atoms with van der Waals surface area (Å²) in [6.45, 7) is 11.5. The van der Waals surface area contributed by atoms with Gasteiger partial charge in [0, 0.05) is 6.42 Å². The Hall–Kier alpha value is -0.890. The number of Topliss-reactive ketones (excluding diaryl/α,β-unsaturated/α-hetero) is 1. The normalized spacial score (nSPS) is 22.9. The Morgan fingerprint density at radius 2 is 2.07 bits per heavy atom. The molecular formula is C13H20O2. The van der Waals surface area contributed by atoms with Crippen molar-refractivity contribution in [1.29, 1.82) is 0 Å². The van der Waals surface area contributed by atoms with Crippen LogP contribution in [-0.4, -0.2) is 17.0 Å². The van der Waals surface area contributed by atoms with Gasteiger partial charge in [-0.2, -0.15) is 0 Å². The monoisotopic (exact) mass is 208 g/mol. The smallest absolute Gasteiger partial charge is 0.158 e. The lowest BCUT2D eigenvalue weighted by molar-refractivity contribution is -0.116. The molecule has 0 spiro atoms. The molecule has 0 aromatic heterocycles. The Morgan fingerprint density at radius 3 is 2.53 bits per heavy atom. The predicted octanol–water partition coefficient (Wildman–Crippen LogP) is 2.63. The number of hydrogen-bond donors (Lipinski definition) is 1. The Bertz CT molecular complexity index is 334. The van der Waals surface area contributed by atoms with Gasteiger partial charge < -0.3 is 5.11 Å². The van der Waals surface area contributed by atoms with Crippen molar-refractivity contribution in [3.8, 4) is 0 Å². The van der Waals surface area contributed by atoms with E-state index in [9.17, 15) is 9.90 Å². The Labute approximate surface area is 91.7 Å². The van der Waals surface area contributed by atoms with E-state index < -0.39 is 6.10 Å². The van der Waals surface area contributed by atoms with Crippen LogP contribution in [0.15, 0.2) is 23.3 Å². The third kappa shape index (κ3) is 2.20. The van der Waals surface area contributed by atoms with Crippen LogP contribution in [-0.2, 0) is 4.79 Å². The quantitative estimate of drug-likeness (QED) is 0.708. The molecule has 0 aromatic rings. The molecule has 0 heterocycles. The van der Waals surface area contributed by atoms with Crippen molar-refractivity contribution in [3.63, 3.8) is 0 Å². The maximum absolute atomic E-state index is 11.6. The van der Waals surface area contributed by atoms with Crippen LogP contribution in [0.1, 0.15) is 40.5 Å². The predicted molar refractivity (Wildman–Crippen MR) is 61.5 cm³/mol. The molecule has 1 N–H and O–H groups in total. The number of aliphatic hydroxyl groups is 1. The molecule has 2 nitrogen and oxygen atoms in total. The van der Waals surface area contributed by atoms with Gasteiger partial charge in [-0.3, -0.25) is 4.79 Å². The second-order valence-corrected chi connectivity index (χ2v) is 5.09. The summed E-state index contributed by atoms with van der Waals surface area (Å²) in [5.74, 6) is 0.157. The zero-order valence-electron chi connectivity index (χ0n) is 10.1. The third-order valence-corrected chi connectivity index (χ3v) is 3.27. The molecule has 0 amide bonds. The molecule has 1 atom stereocenters. The summed E-state index contributed by atoms with van der Waals surface area (Å²) >= 11 is 0. The number of aliphatic hydroxyl groups excluding tert-OH is 1. The minimum atomic E-state index is -0.677. The zero-order valence-corrected chi connectivity index (χ0v) is 10.1. The van der Waals surface area contributed by atoms with E-state index in [4.69, 9.17) is 0 Å². The maximum atomic E-state index is 11.6. The molecule has 0 aromatic carbocycles. The fourth-order valence-electron chi connectivity index (χ4n) is 2.23. The Morgan fingerprint density at radius 1 is 1.53 bits per heavy atom. The Kier molecular flexibility index (Phi) is 3.19. The van der Waals surface area contributed by atoms with Crippen molar-refractivity contribution in [2.45, 2.75) is 46.6 Å². The SMILES string of the molecule is C=C(C)C(O)C1=C(C)C(=O)CCC1(C)C. The lowest BCUT2D eigenvalue weighted by Gasteiger charge is -2.36. The highest BCUT2D eigenvalue weighted by molar-refractivity contribution is 5.97. The van der Waals surface area contributed by atoms with E-state index in [1.807, 2.05) is 6.92 Å². The first-order valence-electron chi connectivity index (χ1n) is 5.35. The number of carbonyl (C=O) groups excluding carboxylic acids is 1. The van der Waals surface area contributed by atoms with E-state index in [-0.39, 0.29) is 11.2 Å². The van der Waals surface area contributed by atoms with Crippen LogP contribution in [0.3, 0.4) is 0 Å². The van der Waals surface area contributed by atoms with Gasteiger partial charge in [-0.15, -0.1) is 0 Å². The molecule has 0 aliphatic heterocycles. The van der Waals surface area contributed by atoms with Gasteiger partial charge in [0.25, 0.3) is 0 Å². The molecule has 0 radical (unpaired) electrons. The molecule has 0 saturated carbocycles. The minimum absolute atomic E-state index is 0.101. The fraction of sp³-hybridized carbons (Fsp3) is 0.615. The summed E-state index contributed by atoms with van der Waals surface area (Å²) in [4.78, 5) is 11.6. The zero-order chi connectivity index (χ0) is 11.8. The Balaban J connectivity index is 3.23. The molecular weight excluding hydrogens is 188 g/mol. The third-order valence-electron chi connectivity index (χ3n) is 3.27. The standard InChI is InChI=1S/C13H20O2/c1-8(2)12(15)11-9(3)10(14)6-7-13(11,4)5/h12,15H,1,6-7H2,2-5H3. The van der Waals surface area contributed by atoms with Crippen molar-refractivity contribution in [3.05, 3.63) is 23.3 Å². The van der Waals surface area contributed by atoms with Crippen LogP contribution in [0.2, 0.25) is 0 Å². The minimum Gasteiger partial charge on any atom is -0.384 e. The van der Waals surface area contributed by atoms with E-state index in [2.05, 4.69) is 20.4 Å². The van der Waals surface area contributed by atoms with Gasteiger partial charge in [0.05, 0.1) is 6.10 Å². The van der Waals surface area contributed by atoms with Crippen molar-refractivity contribution in [2.24, 2.45) is 5.41 Å². The lowest BCUT2D eigenvalue weighted by Crippen LogP contribution is -2.32. The summed E-state index contributed by atoms with van der Waals surface area (Å²) in [5, 5.41) is 10.1. The molecule has 0 fully saturated rings. The molecule has 2 heteroatoms. The number of hydrogen-bond acceptors (Lipinski definition) is 2. The molecule has 1 aliphatic rings. The maximum Gasteiger partial charge on any atom is 0.158 e. The molecule has 1 aliphatic carbocycles. The summed E-state index contributed by atoms with van der Waals surface area (Å²) in [6.07, 6.45) is 0.720. The molecule has 15 heavy (non-hydrogen) atoms. The molecule has 0 bridgehead atoms. The van der Waals surface area contributed by atoms with Crippen LogP contribution < -0.4 is 0 Å². The van der Waals surface area contributed by atoms with Gasteiger partial charge in [-0.1, -0.05) is 20.4 Å². The largest absolute Gasteiger partial charge is 0.384 e. The molecule has 0 saturated heterocycles. The summed E-state index contributed by atoms with van der Waals surface area (Å²) < 4.78 is 0. The van der Waals surface area contributed by atoms with Gasteiger partial charge in [0.1, 0.15) is 0 Å². The van der Waals surface area contributed by atoms with E-state index in [0.717, 1.165) is 17.6 Å². The second-order valence-electron chi connectivity index (χ2n) is 5.09. The van der Waals surface area contributed by atoms with Crippen LogP contribution in [0.4, 0.5) is 0 Å². The number of rotatable bonds is 2. The van der Waals surface area contributed by atoms with Gasteiger partial charge in [0.2, 0.25) is 0 Å². The van der Waals surface area contributed by atoms with Crippen molar-refractivity contribution in [2.75, 3.05) is 0 Å². The number of carbonyl (C=O) groups is 1. The average molecular weight is 208 g/mol. The number of ketones is 1. The highest BCUT2D eigenvalue weighted by atomic mass is 16.3. The molecule has 1 rings (SSSR count). The van der Waals surface area contributed by atoms with Gasteiger partial charge in [0.15, 0.2) is 5.78 Å². The van der Waals surface area contributed by atoms with Gasteiger partial charge in [-0.25, -0.2) is 0 Å². The first-order valence-corrected chi connectivity index (χ1v) is 5.35. The highest BCUT2D eigenvalue weighted by Gasteiger charge is 2.36. The highest BCUT2D eigenvalue weighted by Crippen LogP contribution is 2.41. The van der Waals surface area contributed by atoms with Crippen LogP contribution in [0.5, 0.6) is 0 Å². The fourth-order valence-corrected chi connectivity index (χ4v) is 2.23. The van der Waals surface area contributed by atoms with Crippen molar-refractivity contribution >= 4 is 5.78 Å². The molecule has 1 unspecified atom stereocenters. The first kappa shape index (κ1) is 12.2. The van der Waals surface area contributed by atoms with E-state index in [1.165, 1.54) is 0 Å². The van der Waals surface area contributed by atoms with Crippen LogP contribution in [0, 0.1) is 5.41 Å². The summed E-state index contributed by atoms with van der Waals surface area (Å²) in [7, 11) is 0. The first-order chi connectivity index (χ1) is 6.77. The van der Waals surface area contributed by atoms with Crippen LogP contribution >= 0.6 is 0 Å². The van der Waals surface area contributed by atoms with E-state index in [0.29, 0.717) is 12.0 Å². The molecule has 84 valence electrons.